The lowest BCUT2D eigenvalue weighted by molar-refractivity contribution is 0.112. The van der Waals surface area contributed by atoms with Crippen LogP contribution in [0, 0.1) is 5.82 Å². The molecule has 0 saturated heterocycles. The lowest BCUT2D eigenvalue weighted by Crippen LogP contribution is -1.78. The van der Waals surface area contributed by atoms with Gasteiger partial charge in [-0.05, 0) is 36.4 Å². The molecular formula is C14H8FNOS2. The molecule has 0 atom stereocenters. The first-order valence-electron chi connectivity index (χ1n) is 5.53. The molecule has 0 aliphatic rings. The highest BCUT2D eigenvalue weighted by Crippen LogP contribution is 2.32. The third-order valence-electron chi connectivity index (χ3n) is 2.59. The van der Waals surface area contributed by atoms with Crippen molar-refractivity contribution in [2.75, 3.05) is 0 Å². The highest BCUT2D eigenvalue weighted by molar-refractivity contribution is 7.18. The van der Waals surface area contributed by atoms with E-state index in [4.69, 9.17) is 0 Å². The van der Waals surface area contributed by atoms with Gasteiger partial charge in [0.15, 0.2) is 6.29 Å². The van der Waals surface area contributed by atoms with E-state index in [1.807, 2.05) is 11.4 Å². The SMILES string of the molecule is O=Cc1ccc(-c2csc(-c3ccc(F)cc3)n2)s1. The van der Waals surface area contributed by atoms with Crippen LogP contribution >= 0.6 is 22.7 Å². The summed E-state index contributed by atoms with van der Waals surface area (Å²) >= 11 is 2.92. The third-order valence-corrected chi connectivity index (χ3v) is 4.52. The Labute approximate surface area is 117 Å². The Morgan fingerprint density at radius 3 is 2.58 bits per heavy atom. The van der Waals surface area contributed by atoms with Crippen molar-refractivity contribution in [1.29, 1.82) is 0 Å². The maximum absolute atomic E-state index is 12.9. The summed E-state index contributed by atoms with van der Waals surface area (Å²) in [5.74, 6) is -0.255. The number of nitrogens with zero attached hydrogens (tertiary/aromatic N) is 1. The molecule has 2 aromatic heterocycles. The minimum atomic E-state index is -0.255. The molecule has 1 aromatic carbocycles. The maximum Gasteiger partial charge on any atom is 0.160 e. The number of thiazole rings is 1. The van der Waals surface area contributed by atoms with E-state index in [0.29, 0.717) is 4.88 Å². The minimum absolute atomic E-state index is 0.255. The number of thiophene rings is 1. The molecule has 0 N–H and O–H groups in total. The summed E-state index contributed by atoms with van der Waals surface area (Å²) in [6, 6.07) is 9.94. The normalized spacial score (nSPS) is 10.6. The Morgan fingerprint density at radius 2 is 1.89 bits per heavy atom. The zero-order valence-corrected chi connectivity index (χ0v) is 11.3. The van der Waals surface area contributed by atoms with Crippen LogP contribution in [-0.4, -0.2) is 11.3 Å². The van der Waals surface area contributed by atoms with E-state index in [-0.39, 0.29) is 5.82 Å². The topological polar surface area (TPSA) is 30.0 Å². The molecule has 3 aromatic rings. The van der Waals surface area contributed by atoms with E-state index >= 15 is 0 Å². The van der Waals surface area contributed by atoms with Crippen molar-refractivity contribution in [3.63, 3.8) is 0 Å². The molecule has 3 rings (SSSR count). The van der Waals surface area contributed by atoms with Crippen molar-refractivity contribution in [3.05, 3.63) is 52.5 Å². The molecule has 94 valence electrons. The molecule has 0 amide bonds. The lowest BCUT2D eigenvalue weighted by Gasteiger charge is -1.95. The molecule has 0 aliphatic heterocycles. The van der Waals surface area contributed by atoms with E-state index in [1.54, 1.807) is 18.2 Å². The molecule has 0 fully saturated rings. The summed E-state index contributed by atoms with van der Waals surface area (Å²) in [4.78, 5) is 16.8. The van der Waals surface area contributed by atoms with Crippen LogP contribution in [0.1, 0.15) is 9.67 Å². The van der Waals surface area contributed by atoms with Gasteiger partial charge in [-0.25, -0.2) is 9.37 Å². The van der Waals surface area contributed by atoms with Gasteiger partial charge in [0.05, 0.1) is 15.4 Å². The van der Waals surface area contributed by atoms with E-state index in [9.17, 15) is 9.18 Å². The lowest BCUT2D eigenvalue weighted by atomic mass is 10.2. The number of aromatic nitrogens is 1. The number of halogens is 1. The van der Waals surface area contributed by atoms with Crippen LogP contribution in [0.2, 0.25) is 0 Å². The second-order valence-corrected chi connectivity index (χ2v) is 5.84. The molecule has 0 unspecified atom stereocenters. The summed E-state index contributed by atoms with van der Waals surface area (Å²) in [5.41, 5.74) is 1.74. The van der Waals surface area contributed by atoms with Gasteiger partial charge < -0.3 is 0 Å². The summed E-state index contributed by atoms with van der Waals surface area (Å²) < 4.78 is 12.9. The second-order valence-electron chi connectivity index (χ2n) is 3.86. The summed E-state index contributed by atoms with van der Waals surface area (Å²) in [7, 11) is 0. The van der Waals surface area contributed by atoms with Crippen molar-refractivity contribution in [3.8, 4) is 21.1 Å². The van der Waals surface area contributed by atoms with Gasteiger partial charge >= 0.3 is 0 Å². The van der Waals surface area contributed by atoms with Gasteiger partial charge in [0, 0.05) is 10.9 Å². The van der Waals surface area contributed by atoms with Gasteiger partial charge in [-0.15, -0.1) is 22.7 Å². The second kappa shape index (κ2) is 5.03. The summed E-state index contributed by atoms with van der Waals surface area (Å²) in [6.45, 7) is 0. The highest BCUT2D eigenvalue weighted by Gasteiger charge is 2.08. The molecule has 0 radical (unpaired) electrons. The predicted molar refractivity (Wildman–Crippen MR) is 76.2 cm³/mol. The monoisotopic (exact) mass is 289 g/mol. The molecule has 0 saturated carbocycles. The number of benzene rings is 1. The molecule has 19 heavy (non-hydrogen) atoms. The summed E-state index contributed by atoms with van der Waals surface area (Å²) in [5, 5.41) is 2.79. The molecule has 0 bridgehead atoms. The third kappa shape index (κ3) is 2.47. The number of rotatable bonds is 3. The van der Waals surface area contributed by atoms with Crippen molar-refractivity contribution in [2.45, 2.75) is 0 Å². The fraction of sp³-hybridized carbons (Fsp3) is 0. The molecule has 0 spiro atoms. The van der Waals surface area contributed by atoms with Crippen LogP contribution in [-0.2, 0) is 0 Å². The number of carbonyl (C=O) groups excluding carboxylic acids is 1. The number of carbonyl (C=O) groups is 1. The van der Waals surface area contributed by atoms with E-state index < -0.39 is 0 Å². The van der Waals surface area contributed by atoms with Gasteiger partial charge in [-0.2, -0.15) is 0 Å². The number of hydrogen-bond acceptors (Lipinski definition) is 4. The van der Waals surface area contributed by atoms with Gasteiger partial charge in [0.2, 0.25) is 0 Å². The Hall–Kier alpha value is -1.85. The standard InChI is InChI=1S/C14H8FNOS2/c15-10-3-1-9(2-4-10)14-16-12(8-18-14)13-6-5-11(7-17)19-13/h1-8H. The first-order valence-corrected chi connectivity index (χ1v) is 7.23. The first-order chi connectivity index (χ1) is 9.26. The van der Waals surface area contributed by atoms with Crippen LogP contribution < -0.4 is 0 Å². The Bertz CT molecular complexity index is 715. The van der Waals surface area contributed by atoms with Crippen LogP contribution in [0.4, 0.5) is 4.39 Å². The molecule has 2 nitrogen and oxygen atoms in total. The van der Waals surface area contributed by atoms with Crippen LogP contribution in [0.15, 0.2) is 41.8 Å². The Balaban J connectivity index is 1.94. The van der Waals surface area contributed by atoms with E-state index in [1.165, 1.54) is 34.8 Å². The average Bonchev–Trinajstić information content (AvgIpc) is 3.08. The quantitative estimate of drug-likeness (QED) is 0.665. The largest absolute Gasteiger partial charge is 0.297 e. The smallest absolute Gasteiger partial charge is 0.160 e. The van der Waals surface area contributed by atoms with Gasteiger partial charge in [0.25, 0.3) is 0 Å². The molecule has 5 heteroatoms. The Morgan fingerprint density at radius 1 is 1.11 bits per heavy atom. The first kappa shape index (κ1) is 12.2. The van der Waals surface area contributed by atoms with Crippen molar-refractivity contribution < 1.29 is 9.18 Å². The van der Waals surface area contributed by atoms with Crippen molar-refractivity contribution >= 4 is 29.0 Å². The van der Waals surface area contributed by atoms with Crippen LogP contribution in [0.3, 0.4) is 0 Å². The van der Waals surface area contributed by atoms with Gasteiger partial charge in [-0.3, -0.25) is 4.79 Å². The molecule has 0 aliphatic carbocycles. The molecular weight excluding hydrogens is 281 g/mol. The van der Waals surface area contributed by atoms with E-state index in [0.717, 1.165) is 27.4 Å². The van der Waals surface area contributed by atoms with Crippen molar-refractivity contribution in [1.82, 2.24) is 4.98 Å². The fourth-order valence-corrected chi connectivity index (χ4v) is 3.35. The predicted octanol–water partition coefficient (Wildman–Crippen LogP) is 4.49. The zero-order valence-electron chi connectivity index (χ0n) is 9.67. The number of hydrogen-bond donors (Lipinski definition) is 0. The van der Waals surface area contributed by atoms with Crippen LogP contribution in [0.5, 0.6) is 0 Å². The highest BCUT2D eigenvalue weighted by atomic mass is 32.1. The summed E-state index contributed by atoms with van der Waals surface area (Å²) in [6.07, 6.45) is 0.835. The van der Waals surface area contributed by atoms with Crippen molar-refractivity contribution in [2.24, 2.45) is 0 Å². The number of aldehydes is 1. The average molecular weight is 289 g/mol. The fourth-order valence-electron chi connectivity index (χ4n) is 1.67. The maximum atomic E-state index is 12.9. The zero-order chi connectivity index (χ0) is 13.2. The molecule has 2 heterocycles. The Kier molecular flexibility index (Phi) is 3.23. The van der Waals surface area contributed by atoms with E-state index in [2.05, 4.69) is 4.98 Å². The van der Waals surface area contributed by atoms with Gasteiger partial charge in [0.1, 0.15) is 10.8 Å². The minimum Gasteiger partial charge on any atom is -0.297 e. The van der Waals surface area contributed by atoms with Crippen LogP contribution in [0.25, 0.3) is 21.1 Å². The van der Waals surface area contributed by atoms with Gasteiger partial charge in [-0.1, -0.05) is 0 Å².